The average Bonchev–Trinajstić information content (AvgIpc) is 3.16. The largest absolute Gasteiger partial charge is 0.380 e. The summed E-state index contributed by atoms with van der Waals surface area (Å²) in [6.07, 6.45) is 4.22. The molecule has 1 amide bonds. The Labute approximate surface area is 118 Å². The van der Waals surface area contributed by atoms with Crippen LogP contribution in [0.3, 0.4) is 0 Å². The fraction of sp³-hybridized carbons (Fsp3) is 0.750. The van der Waals surface area contributed by atoms with Gasteiger partial charge in [0.1, 0.15) is 0 Å². The second-order valence-corrected chi connectivity index (χ2v) is 5.16. The van der Waals surface area contributed by atoms with Crippen LogP contribution in [0.5, 0.6) is 0 Å². The van der Waals surface area contributed by atoms with Gasteiger partial charge in [-0.2, -0.15) is 0 Å². The molecular formula is C12H22N6O2. The first kappa shape index (κ1) is 14.9. The fourth-order valence-corrected chi connectivity index (χ4v) is 1.73. The first-order valence-electron chi connectivity index (χ1n) is 6.86. The predicted octanol–water partition coefficient (Wildman–Crippen LogP) is -0.760. The molecule has 2 rings (SSSR count). The number of nitrogens with one attached hydrogen (secondary N) is 1. The Morgan fingerprint density at radius 3 is 3.10 bits per heavy atom. The standard InChI is InChI=1S/C12H22N6O2/c1-17(6-7-20-9-10-2-3-10)4-5-18-8-11(15-16-18)12(19)14-13/h8,10H,2-7,9,13H2,1H3,(H,14,19). The fourth-order valence-electron chi connectivity index (χ4n) is 1.73. The van der Waals surface area contributed by atoms with Crippen LogP contribution in [-0.4, -0.2) is 59.2 Å². The average molecular weight is 282 g/mol. The van der Waals surface area contributed by atoms with E-state index in [2.05, 4.69) is 15.2 Å². The molecule has 20 heavy (non-hydrogen) atoms. The molecule has 0 spiro atoms. The van der Waals surface area contributed by atoms with Gasteiger partial charge in [-0.05, 0) is 25.8 Å². The Kier molecular flexibility index (Phi) is 5.45. The van der Waals surface area contributed by atoms with E-state index in [1.54, 1.807) is 10.9 Å². The third-order valence-electron chi connectivity index (χ3n) is 3.28. The van der Waals surface area contributed by atoms with Crippen molar-refractivity contribution < 1.29 is 9.53 Å². The molecule has 3 N–H and O–H groups in total. The molecule has 112 valence electrons. The number of nitrogen functional groups attached to an aromatic ring is 1. The van der Waals surface area contributed by atoms with Crippen molar-refractivity contribution in [1.82, 2.24) is 25.3 Å². The van der Waals surface area contributed by atoms with Crippen LogP contribution < -0.4 is 11.3 Å². The molecule has 0 unspecified atom stereocenters. The summed E-state index contributed by atoms with van der Waals surface area (Å²) in [4.78, 5) is 13.4. The summed E-state index contributed by atoms with van der Waals surface area (Å²) in [6.45, 7) is 4.03. The second kappa shape index (κ2) is 7.32. The van der Waals surface area contributed by atoms with E-state index in [4.69, 9.17) is 10.6 Å². The van der Waals surface area contributed by atoms with Crippen LogP contribution in [0.15, 0.2) is 6.20 Å². The van der Waals surface area contributed by atoms with Crippen LogP contribution in [0.4, 0.5) is 0 Å². The van der Waals surface area contributed by atoms with Crippen molar-refractivity contribution in [2.24, 2.45) is 11.8 Å². The summed E-state index contributed by atoms with van der Waals surface area (Å²) in [5, 5.41) is 7.62. The molecule has 0 atom stereocenters. The zero-order chi connectivity index (χ0) is 14.4. The molecule has 1 saturated carbocycles. The Bertz CT molecular complexity index is 431. The Morgan fingerprint density at radius 2 is 2.40 bits per heavy atom. The first-order valence-corrected chi connectivity index (χ1v) is 6.86. The number of rotatable bonds is 9. The van der Waals surface area contributed by atoms with Crippen molar-refractivity contribution in [3.63, 3.8) is 0 Å². The third-order valence-corrected chi connectivity index (χ3v) is 3.28. The number of hydrogen-bond acceptors (Lipinski definition) is 6. The summed E-state index contributed by atoms with van der Waals surface area (Å²) in [6, 6.07) is 0. The lowest BCUT2D eigenvalue weighted by molar-refractivity contribution is 0.0948. The monoisotopic (exact) mass is 282 g/mol. The van der Waals surface area contributed by atoms with Gasteiger partial charge in [0.05, 0.1) is 19.3 Å². The van der Waals surface area contributed by atoms with E-state index in [9.17, 15) is 4.79 Å². The van der Waals surface area contributed by atoms with Crippen LogP contribution in [-0.2, 0) is 11.3 Å². The highest BCUT2D eigenvalue weighted by atomic mass is 16.5. The molecule has 0 radical (unpaired) electrons. The van der Waals surface area contributed by atoms with Gasteiger partial charge in [0.25, 0.3) is 5.91 Å². The topological polar surface area (TPSA) is 98.3 Å². The second-order valence-electron chi connectivity index (χ2n) is 5.16. The lowest BCUT2D eigenvalue weighted by Crippen LogP contribution is -2.30. The van der Waals surface area contributed by atoms with Crippen LogP contribution >= 0.6 is 0 Å². The summed E-state index contributed by atoms with van der Waals surface area (Å²) in [5.74, 6) is 5.41. The first-order chi connectivity index (χ1) is 9.69. The lowest BCUT2D eigenvalue weighted by atomic mass is 10.4. The minimum absolute atomic E-state index is 0.225. The quantitative estimate of drug-likeness (QED) is 0.267. The van der Waals surface area contributed by atoms with E-state index in [1.807, 2.05) is 12.5 Å². The Hall–Kier alpha value is -1.51. The van der Waals surface area contributed by atoms with E-state index >= 15 is 0 Å². The van der Waals surface area contributed by atoms with Gasteiger partial charge in [-0.1, -0.05) is 5.21 Å². The van der Waals surface area contributed by atoms with Gasteiger partial charge in [-0.3, -0.25) is 14.9 Å². The van der Waals surface area contributed by atoms with Gasteiger partial charge >= 0.3 is 0 Å². The maximum absolute atomic E-state index is 11.2. The van der Waals surface area contributed by atoms with E-state index in [-0.39, 0.29) is 5.69 Å². The molecule has 0 aliphatic heterocycles. The summed E-state index contributed by atoms with van der Waals surface area (Å²) in [7, 11) is 2.03. The number of hydrazine groups is 1. The van der Waals surface area contributed by atoms with Gasteiger partial charge in [-0.25, -0.2) is 5.84 Å². The SMILES string of the molecule is CN(CCOCC1CC1)CCn1cc(C(=O)NN)nn1. The molecule has 0 saturated heterocycles. The zero-order valence-corrected chi connectivity index (χ0v) is 11.8. The summed E-state index contributed by atoms with van der Waals surface area (Å²) in [5.41, 5.74) is 2.25. The van der Waals surface area contributed by atoms with E-state index < -0.39 is 5.91 Å². The van der Waals surface area contributed by atoms with Crippen molar-refractivity contribution in [3.8, 4) is 0 Å². The number of carbonyl (C=O) groups is 1. The number of hydrogen-bond donors (Lipinski definition) is 2. The molecule has 1 fully saturated rings. The van der Waals surface area contributed by atoms with Gasteiger partial charge in [0.15, 0.2) is 5.69 Å². The minimum atomic E-state index is -0.432. The van der Waals surface area contributed by atoms with Crippen LogP contribution in [0.1, 0.15) is 23.3 Å². The van der Waals surface area contributed by atoms with Crippen molar-refractivity contribution in [2.75, 3.05) is 33.4 Å². The van der Waals surface area contributed by atoms with Gasteiger partial charge in [-0.15, -0.1) is 5.10 Å². The van der Waals surface area contributed by atoms with E-state index in [0.29, 0.717) is 6.54 Å². The smallest absolute Gasteiger partial charge is 0.287 e. The number of aromatic nitrogens is 3. The third kappa shape index (κ3) is 4.87. The summed E-state index contributed by atoms with van der Waals surface area (Å²) >= 11 is 0. The molecule has 8 nitrogen and oxygen atoms in total. The Balaban J connectivity index is 1.60. The van der Waals surface area contributed by atoms with Crippen molar-refractivity contribution in [2.45, 2.75) is 19.4 Å². The normalized spacial score (nSPS) is 14.8. The van der Waals surface area contributed by atoms with E-state index in [0.717, 1.165) is 32.2 Å². The predicted molar refractivity (Wildman–Crippen MR) is 72.7 cm³/mol. The molecule has 0 aromatic carbocycles. The summed E-state index contributed by atoms with van der Waals surface area (Å²) < 4.78 is 7.22. The molecule has 1 aromatic heterocycles. The molecule has 8 heteroatoms. The van der Waals surface area contributed by atoms with Gasteiger partial charge < -0.3 is 9.64 Å². The number of carbonyl (C=O) groups excluding carboxylic acids is 1. The number of likely N-dealkylation sites (N-methyl/N-ethyl adjacent to an activating group) is 1. The Morgan fingerprint density at radius 1 is 1.60 bits per heavy atom. The van der Waals surface area contributed by atoms with E-state index in [1.165, 1.54) is 12.8 Å². The van der Waals surface area contributed by atoms with Crippen LogP contribution in [0, 0.1) is 5.92 Å². The minimum Gasteiger partial charge on any atom is -0.380 e. The maximum atomic E-state index is 11.2. The van der Waals surface area contributed by atoms with Gasteiger partial charge in [0, 0.05) is 19.7 Å². The van der Waals surface area contributed by atoms with Crippen LogP contribution in [0.25, 0.3) is 0 Å². The lowest BCUT2D eigenvalue weighted by Gasteiger charge is -2.16. The molecule has 1 aliphatic rings. The number of amides is 1. The highest BCUT2D eigenvalue weighted by Gasteiger charge is 2.20. The highest BCUT2D eigenvalue weighted by Crippen LogP contribution is 2.28. The number of nitrogens with zero attached hydrogens (tertiary/aromatic N) is 4. The van der Waals surface area contributed by atoms with Crippen molar-refractivity contribution in [1.29, 1.82) is 0 Å². The van der Waals surface area contributed by atoms with Crippen LogP contribution in [0.2, 0.25) is 0 Å². The zero-order valence-electron chi connectivity index (χ0n) is 11.8. The molecule has 1 aliphatic carbocycles. The molecular weight excluding hydrogens is 260 g/mol. The molecule has 1 heterocycles. The maximum Gasteiger partial charge on any atom is 0.287 e. The van der Waals surface area contributed by atoms with Crippen molar-refractivity contribution in [3.05, 3.63) is 11.9 Å². The molecule has 0 bridgehead atoms. The van der Waals surface area contributed by atoms with Gasteiger partial charge in [0.2, 0.25) is 0 Å². The highest BCUT2D eigenvalue weighted by molar-refractivity contribution is 5.91. The number of ether oxygens (including phenoxy) is 1. The number of nitrogens with two attached hydrogens (primary N) is 1. The molecule has 1 aromatic rings. The van der Waals surface area contributed by atoms with Crippen molar-refractivity contribution >= 4 is 5.91 Å².